The van der Waals surface area contributed by atoms with Gasteiger partial charge in [-0.1, -0.05) is 66.7 Å². The van der Waals surface area contributed by atoms with Crippen molar-refractivity contribution in [3.63, 3.8) is 0 Å². The van der Waals surface area contributed by atoms with E-state index in [1.165, 1.54) is 12.0 Å². The van der Waals surface area contributed by atoms with Crippen molar-refractivity contribution in [1.82, 2.24) is 4.90 Å². The summed E-state index contributed by atoms with van der Waals surface area (Å²) >= 11 is 0. The van der Waals surface area contributed by atoms with E-state index in [9.17, 15) is 9.59 Å². The monoisotopic (exact) mass is 351 g/mol. The molecule has 0 saturated carbocycles. The third-order valence-corrected chi connectivity index (χ3v) is 4.29. The van der Waals surface area contributed by atoms with Crippen molar-refractivity contribution in [3.05, 3.63) is 77.4 Å². The van der Waals surface area contributed by atoms with E-state index in [1.54, 1.807) is 0 Å². The van der Waals surface area contributed by atoms with Crippen molar-refractivity contribution in [2.75, 3.05) is 13.7 Å². The van der Waals surface area contributed by atoms with Crippen LogP contribution in [0.1, 0.15) is 17.5 Å². The third-order valence-electron chi connectivity index (χ3n) is 4.29. The molecule has 1 heterocycles. The maximum atomic E-state index is 12.5. The fraction of sp³-hybridized carbons (Fsp3) is 0.238. The second-order valence-corrected chi connectivity index (χ2v) is 6.12. The first-order valence-electron chi connectivity index (χ1n) is 8.47. The molecule has 1 amide bonds. The van der Waals surface area contributed by atoms with Crippen molar-refractivity contribution >= 4 is 18.1 Å². The first kappa shape index (κ1) is 17.7. The number of benzene rings is 2. The summed E-state index contributed by atoms with van der Waals surface area (Å²) in [6.07, 6.45) is 1.93. The quantitative estimate of drug-likeness (QED) is 0.789. The fourth-order valence-electron chi connectivity index (χ4n) is 2.98. The lowest BCUT2D eigenvalue weighted by atomic mass is 10.1. The largest absolute Gasteiger partial charge is 0.467 e. The first-order chi connectivity index (χ1) is 12.7. The standard InChI is InChI=1S/C21H21NO4/c1-25-20(23)19-13-18(12-16-8-4-2-5-9-16)14-22(19)21(24)26-15-17-10-6-3-7-11-17/h2-12,19H,13-15H2,1H3/b18-12-/t19-/m0/s1. The van der Waals surface area contributed by atoms with Crippen molar-refractivity contribution in [1.29, 1.82) is 0 Å². The number of amides is 1. The van der Waals surface area contributed by atoms with Crippen LogP contribution in [0.3, 0.4) is 0 Å². The highest BCUT2D eigenvalue weighted by molar-refractivity contribution is 5.83. The minimum atomic E-state index is -0.654. The Kier molecular flexibility index (Phi) is 5.69. The average molecular weight is 351 g/mol. The molecule has 0 aromatic heterocycles. The number of carbonyl (C=O) groups excluding carboxylic acids is 2. The number of rotatable bonds is 4. The summed E-state index contributed by atoms with van der Waals surface area (Å²) in [4.78, 5) is 26.1. The van der Waals surface area contributed by atoms with Crippen LogP contribution >= 0.6 is 0 Å². The Hall–Kier alpha value is -3.08. The Morgan fingerprint density at radius 1 is 1.08 bits per heavy atom. The van der Waals surface area contributed by atoms with Gasteiger partial charge < -0.3 is 9.47 Å². The second kappa shape index (κ2) is 8.34. The van der Waals surface area contributed by atoms with Gasteiger partial charge in [-0.25, -0.2) is 9.59 Å². The molecule has 1 saturated heterocycles. The van der Waals surface area contributed by atoms with E-state index in [0.717, 1.165) is 16.7 Å². The van der Waals surface area contributed by atoms with Gasteiger partial charge in [0.05, 0.1) is 7.11 Å². The van der Waals surface area contributed by atoms with Crippen LogP contribution in [0.25, 0.3) is 6.08 Å². The lowest BCUT2D eigenvalue weighted by molar-refractivity contribution is -0.145. The summed E-state index contributed by atoms with van der Waals surface area (Å²) in [5.74, 6) is -0.432. The van der Waals surface area contributed by atoms with E-state index in [-0.39, 0.29) is 6.61 Å². The van der Waals surface area contributed by atoms with Gasteiger partial charge >= 0.3 is 12.1 Å². The van der Waals surface area contributed by atoms with Gasteiger partial charge in [-0.05, 0) is 16.7 Å². The van der Waals surface area contributed by atoms with Crippen molar-refractivity contribution in [2.24, 2.45) is 0 Å². The molecule has 1 fully saturated rings. The number of hydrogen-bond donors (Lipinski definition) is 0. The Bertz CT molecular complexity index is 786. The molecular formula is C21H21NO4. The predicted molar refractivity (Wildman–Crippen MR) is 98.2 cm³/mol. The normalized spacial score (nSPS) is 18.0. The van der Waals surface area contributed by atoms with Gasteiger partial charge in [0, 0.05) is 13.0 Å². The number of hydrogen-bond acceptors (Lipinski definition) is 4. The molecule has 134 valence electrons. The zero-order valence-corrected chi connectivity index (χ0v) is 14.6. The van der Waals surface area contributed by atoms with Gasteiger partial charge in [-0.3, -0.25) is 4.90 Å². The number of esters is 1. The van der Waals surface area contributed by atoms with Gasteiger partial charge in [0.1, 0.15) is 12.6 Å². The number of ether oxygens (including phenoxy) is 2. The molecule has 5 heteroatoms. The highest BCUT2D eigenvalue weighted by Gasteiger charge is 2.38. The van der Waals surface area contributed by atoms with Crippen molar-refractivity contribution in [3.8, 4) is 0 Å². The highest BCUT2D eigenvalue weighted by atomic mass is 16.6. The van der Waals surface area contributed by atoms with Crippen LogP contribution < -0.4 is 0 Å². The molecule has 0 N–H and O–H groups in total. The fourth-order valence-corrected chi connectivity index (χ4v) is 2.98. The zero-order valence-electron chi connectivity index (χ0n) is 14.6. The summed E-state index contributed by atoms with van der Waals surface area (Å²) in [5.41, 5.74) is 2.92. The Morgan fingerprint density at radius 2 is 1.73 bits per heavy atom. The van der Waals surface area contributed by atoms with Crippen LogP contribution in [-0.4, -0.2) is 36.7 Å². The smallest absolute Gasteiger partial charge is 0.411 e. The molecule has 0 radical (unpaired) electrons. The van der Waals surface area contributed by atoms with Gasteiger partial charge in [0.25, 0.3) is 0 Å². The molecule has 2 aromatic carbocycles. The molecule has 1 aliphatic heterocycles. The maximum absolute atomic E-state index is 12.5. The van der Waals surface area contributed by atoms with Crippen LogP contribution in [0.2, 0.25) is 0 Å². The molecule has 0 unspecified atom stereocenters. The molecule has 3 rings (SSSR count). The Labute approximate surface area is 152 Å². The second-order valence-electron chi connectivity index (χ2n) is 6.12. The van der Waals surface area contributed by atoms with E-state index >= 15 is 0 Å². The van der Waals surface area contributed by atoms with Crippen LogP contribution in [0.5, 0.6) is 0 Å². The Morgan fingerprint density at radius 3 is 2.38 bits per heavy atom. The number of methoxy groups -OCH3 is 1. The van der Waals surface area contributed by atoms with Crippen LogP contribution in [-0.2, 0) is 20.9 Å². The van der Waals surface area contributed by atoms with Gasteiger partial charge in [-0.2, -0.15) is 0 Å². The molecule has 1 atom stereocenters. The van der Waals surface area contributed by atoms with Crippen LogP contribution in [0.4, 0.5) is 4.79 Å². The van der Waals surface area contributed by atoms with Gasteiger partial charge in [0.2, 0.25) is 0 Å². The molecule has 0 spiro atoms. The first-order valence-corrected chi connectivity index (χ1v) is 8.47. The number of likely N-dealkylation sites (tertiary alicyclic amines) is 1. The number of carbonyl (C=O) groups is 2. The summed E-state index contributed by atoms with van der Waals surface area (Å²) in [6.45, 7) is 0.518. The van der Waals surface area contributed by atoms with Crippen LogP contribution in [0.15, 0.2) is 66.2 Å². The molecule has 2 aromatic rings. The van der Waals surface area contributed by atoms with E-state index in [0.29, 0.717) is 13.0 Å². The maximum Gasteiger partial charge on any atom is 0.411 e. The summed E-state index contributed by atoms with van der Waals surface area (Å²) < 4.78 is 10.2. The topological polar surface area (TPSA) is 55.8 Å². The SMILES string of the molecule is COC(=O)[C@@H]1C/C(=C/c2ccccc2)CN1C(=O)OCc1ccccc1. The van der Waals surface area contributed by atoms with Gasteiger partial charge in [0.15, 0.2) is 0 Å². The Balaban J connectivity index is 1.71. The van der Waals surface area contributed by atoms with E-state index < -0.39 is 18.1 Å². The van der Waals surface area contributed by atoms with Gasteiger partial charge in [-0.15, -0.1) is 0 Å². The molecule has 0 aliphatic carbocycles. The molecule has 5 nitrogen and oxygen atoms in total. The van der Waals surface area contributed by atoms with Crippen molar-refractivity contribution in [2.45, 2.75) is 19.1 Å². The van der Waals surface area contributed by atoms with Crippen molar-refractivity contribution < 1.29 is 19.1 Å². The minimum Gasteiger partial charge on any atom is -0.467 e. The number of nitrogens with zero attached hydrogens (tertiary/aromatic N) is 1. The van der Waals surface area contributed by atoms with E-state index in [1.807, 2.05) is 66.7 Å². The average Bonchev–Trinajstić information content (AvgIpc) is 3.11. The zero-order chi connectivity index (χ0) is 18.4. The molecular weight excluding hydrogens is 330 g/mol. The van der Waals surface area contributed by atoms with E-state index in [2.05, 4.69) is 0 Å². The third kappa shape index (κ3) is 4.30. The van der Waals surface area contributed by atoms with Crippen LogP contribution in [0, 0.1) is 0 Å². The lowest BCUT2D eigenvalue weighted by Gasteiger charge is -2.21. The summed E-state index contributed by atoms with van der Waals surface area (Å²) in [5, 5.41) is 0. The van der Waals surface area contributed by atoms with E-state index in [4.69, 9.17) is 9.47 Å². The molecule has 0 bridgehead atoms. The summed E-state index contributed by atoms with van der Waals surface area (Å²) in [7, 11) is 1.33. The molecule has 26 heavy (non-hydrogen) atoms. The molecule has 1 aliphatic rings. The highest BCUT2D eigenvalue weighted by Crippen LogP contribution is 2.26. The summed E-state index contributed by atoms with van der Waals surface area (Å²) in [6, 6.07) is 18.6. The predicted octanol–water partition coefficient (Wildman–Crippen LogP) is 3.65. The lowest BCUT2D eigenvalue weighted by Crippen LogP contribution is -2.41. The minimum absolute atomic E-state index is 0.168.